The molecule has 72 valence electrons. The largest absolute Gasteiger partial charge is 0.419 e. The maximum absolute atomic E-state index is 11.3. The lowest BCUT2D eigenvalue weighted by atomic mass is 10.1. The number of anilines is 1. The van der Waals surface area contributed by atoms with Gasteiger partial charge in [0.2, 0.25) is 0 Å². The molecule has 0 spiro atoms. The molecule has 0 unspecified atom stereocenters. The lowest BCUT2D eigenvalue weighted by molar-refractivity contribution is 0.460. The van der Waals surface area contributed by atoms with Crippen LogP contribution < -0.4 is 17.1 Å². The molecule has 0 saturated carbocycles. The van der Waals surface area contributed by atoms with Crippen LogP contribution in [-0.2, 0) is 0 Å². The molecule has 0 atom stereocenters. The second kappa shape index (κ2) is 2.73. The highest BCUT2D eigenvalue weighted by molar-refractivity contribution is 5.84. The molecule has 0 aliphatic rings. The molecule has 0 amide bonds. The summed E-state index contributed by atoms with van der Waals surface area (Å²) in [4.78, 5) is 24.6. The Bertz CT molecular complexity index is 609. The molecule has 0 aliphatic heterocycles. The van der Waals surface area contributed by atoms with Gasteiger partial charge in [-0.05, 0) is 24.6 Å². The van der Waals surface area contributed by atoms with Crippen LogP contribution in [0.15, 0.2) is 26.1 Å². The van der Waals surface area contributed by atoms with Gasteiger partial charge in [0.25, 0.3) is 0 Å². The van der Waals surface area contributed by atoms with Crippen LogP contribution >= 0.6 is 0 Å². The summed E-state index contributed by atoms with van der Waals surface area (Å²) in [6.45, 7) is 1.70. The molecule has 1 heterocycles. The zero-order valence-corrected chi connectivity index (χ0v) is 7.46. The Morgan fingerprint density at radius 1 is 1.36 bits per heavy atom. The van der Waals surface area contributed by atoms with Crippen LogP contribution in [0.25, 0.3) is 10.9 Å². The number of aryl methyl sites for hydroxylation is 1. The lowest BCUT2D eigenvalue weighted by Crippen LogP contribution is -2.15. The van der Waals surface area contributed by atoms with Crippen molar-refractivity contribution in [3.8, 4) is 0 Å². The van der Waals surface area contributed by atoms with Crippen molar-refractivity contribution in [3.05, 3.63) is 38.7 Å². The number of hydrogen-bond acceptors (Lipinski definition) is 4. The van der Waals surface area contributed by atoms with E-state index < -0.39 is 11.4 Å². The number of hydrogen-bond donors (Lipinski definition) is 2. The molecule has 1 aromatic carbocycles. The maximum atomic E-state index is 11.3. The topological polar surface area (TPSA) is 89.1 Å². The van der Waals surface area contributed by atoms with E-state index in [4.69, 9.17) is 5.73 Å². The third-order valence-electron chi connectivity index (χ3n) is 2.13. The molecule has 2 aromatic rings. The van der Waals surface area contributed by atoms with E-state index in [1.54, 1.807) is 19.1 Å². The van der Waals surface area contributed by atoms with Gasteiger partial charge in [-0.2, -0.15) is 0 Å². The third kappa shape index (κ3) is 1.10. The number of aromatic nitrogens is 1. The molecule has 2 rings (SSSR count). The van der Waals surface area contributed by atoms with E-state index in [9.17, 15) is 9.59 Å². The number of rotatable bonds is 0. The van der Waals surface area contributed by atoms with Crippen LogP contribution in [0.5, 0.6) is 0 Å². The fourth-order valence-corrected chi connectivity index (χ4v) is 1.37. The molecule has 5 heteroatoms. The molecular weight excluding hydrogens is 184 g/mol. The highest BCUT2D eigenvalue weighted by atomic mass is 16.4. The zero-order valence-electron chi connectivity index (χ0n) is 7.46. The van der Waals surface area contributed by atoms with E-state index in [1.807, 2.05) is 0 Å². The Morgan fingerprint density at radius 2 is 2.07 bits per heavy atom. The van der Waals surface area contributed by atoms with Gasteiger partial charge in [0.1, 0.15) is 0 Å². The molecule has 0 radical (unpaired) electrons. The molecule has 1 aromatic heterocycles. The first-order valence-electron chi connectivity index (χ1n) is 4.02. The molecule has 0 aliphatic carbocycles. The van der Waals surface area contributed by atoms with Gasteiger partial charge in [-0.3, -0.25) is 4.98 Å². The molecule has 0 bridgehead atoms. The fourth-order valence-electron chi connectivity index (χ4n) is 1.37. The van der Waals surface area contributed by atoms with Crippen molar-refractivity contribution in [2.24, 2.45) is 0 Å². The Hall–Kier alpha value is -2.04. The van der Waals surface area contributed by atoms with Crippen LogP contribution in [-0.4, -0.2) is 4.98 Å². The predicted molar refractivity (Wildman–Crippen MR) is 52.3 cm³/mol. The van der Waals surface area contributed by atoms with E-state index in [1.165, 1.54) is 0 Å². The summed E-state index contributed by atoms with van der Waals surface area (Å²) in [7, 11) is 0. The minimum absolute atomic E-state index is 0.324. The van der Waals surface area contributed by atoms with Crippen LogP contribution in [0.1, 0.15) is 5.56 Å². The van der Waals surface area contributed by atoms with E-state index >= 15 is 0 Å². The number of fused-ring (bicyclic) bond motifs is 1. The number of nitrogens with two attached hydrogens (primary N) is 1. The first-order valence-corrected chi connectivity index (χ1v) is 4.02. The number of benzene rings is 1. The van der Waals surface area contributed by atoms with E-state index in [-0.39, 0.29) is 0 Å². The summed E-state index contributed by atoms with van der Waals surface area (Å²) in [5.41, 5.74) is 6.52. The molecule has 14 heavy (non-hydrogen) atoms. The third-order valence-corrected chi connectivity index (χ3v) is 2.13. The minimum atomic E-state index is -0.758. The second-order valence-corrected chi connectivity index (χ2v) is 3.00. The smallest absolute Gasteiger partial charge is 0.398 e. The Balaban J connectivity index is 3.11. The Morgan fingerprint density at radius 3 is 2.79 bits per heavy atom. The van der Waals surface area contributed by atoms with Crippen LogP contribution in [0.2, 0.25) is 0 Å². The van der Waals surface area contributed by atoms with Gasteiger partial charge in [-0.15, -0.1) is 0 Å². The predicted octanol–water partition coefficient (Wildman–Crippen LogP) is 0.372. The molecule has 0 saturated heterocycles. The van der Waals surface area contributed by atoms with Crippen molar-refractivity contribution in [2.45, 2.75) is 6.92 Å². The van der Waals surface area contributed by atoms with Gasteiger partial charge in [0, 0.05) is 5.69 Å². The van der Waals surface area contributed by atoms with Gasteiger partial charge in [0.15, 0.2) is 0 Å². The standard InChI is InChI=1S/C9H8N2O3/c1-4-5(10)2-3-6-7(4)8(12)14-9(13)11-6/h2-3H,10H2,1H3,(H,11,13). The van der Waals surface area contributed by atoms with Crippen molar-refractivity contribution in [1.29, 1.82) is 0 Å². The van der Waals surface area contributed by atoms with Gasteiger partial charge in [-0.25, -0.2) is 9.59 Å². The average molecular weight is 192 g/mol. The second-order valence-electron chi connectivity index (χ2n) is 3.00. The van der Waals surface area contributed by atoms with Gasteiger partial charge >= 0.3 is 11.4 Å². The first-order chi connectivity index (χ1) is 6.59. The van der Waals surface area contributed by atoms with Crippen LogP contribution in [0.4, 0.5) is 5.69 Å². The highest BCUT2D eigenvalue weighted by Crippen LogP contribution is 2.17. The summed E-state index contributed by atoms with van der Waals surface area (Å²) in [6.07, 6.45) is 0. The Kier molecular flexibility index (Phi) is 1.67. The van der Waals surface area contributed by atoms with E-state index in [0.717, 1.165) is 0 Å². The Labute approximate surface area is 78.2 Å². The summed E-state index contributed by atoms with van der Waals surface area (Å²) < 4.78 is 4.40. The quantitative estimate of drug-likeness (QED) is 0.590. The molecule has 3 N–H and O–H groups in total. The van der Waals surface area contributed by atoms with Crippen molar-refractivity contribution in [1.82, 2.24) is 4.98 Å². The van der Waals surface area contributed by atoms with Gasteiger partial charge in [0.05, 0.1) is 10.9 Å². The summed E-state index contributed by atoms with van der Waals surface area (Å²) in [5, 5.41) is 0.324. The highest BCUT2D eigenvalue weighted by Gasteiger charge is 2.07. The van der Waals surface area contributed by atoms with Gasteiger partial charge < -0.3 is 10.2 Å². The first kappa shape index (κ1) is 8.55. The summed E-state index contributed by atoms with van der Waals surface area (Å²) in [5.74, 6) is -0.758. The minimum Gasteiger partial charge on any atom is -0.398 e. The van der Waals surface area contributed by atoms with Crippen molar-refractivity contribution < 1.29 is 4.42 Å². The monoisotopic (exact) mass is 192 g/mol. The maximum Gasteiger partial charge on any atom is 0.419 e. The van der Waals surface area contributed by atoms with E-state index in [2.05, 4.69) is 9.40 Å². The van der Waals surface area contributed by atoms with Gasteiger partial charge in [-0.1, -0.05) is 0 Å². The number of aromatic amines is 1. The van der Waals surface area contributed by atoms with Crippen molar-refractivity contribution in [3.63, 3.8) is 0 Å². The van der Waals surface area contributed by atoms with Crippen molar-refractivity contribution >= 4 is 16.6 Å². The van der Waals surface area contributed by atoms with Crippen LogP contribution in [0.3, 0.4) is 0 Å². The van der Waals surface area contributed by atoms with Crippen LogP contribution in [0, 0.1) is 6.92 Å². The molecular formula is C9H8N2O3. The normalized spacial score (nSPS) is 10.6. The number of H-pyrrole nitrogens is 1. The van der Waals surface area contributed by atoms with E-state index in [0.29, 0.717) is 22.2 Å². The average Bonchev–Trinajstić information content (AvgIpc) is 2.10. The lowest BCUT2D eigenvalue weighted by Gasteiger charge is -2.02. The zero-order chi connectivity index (χ0) is 10.3. The van der Waals surface area contributed by atoms with Crippen molar-refractivity contribution in [2.75, 3.05) is 5.73 Å². The number of nitrogen functional groups attached to an aromatic ring is 1. The SMILES string of the molecule is Cc1c(N)ccc2[nH]c(=O)oc(=O)c12. The number of nitrogens with one attached hydrogen (secondary N) is 1. The fraction of sp³-hybridized carbons (Fsp3) is 0.111. The summed E-state index contributed by atoms with van der Waals surface area (Å²) >= 11 is 0. The molecule has 5 nitrogen and oxygen atoms in total. The molecule has 0 fully saturated rings. The summed E-state index contributed by atoms with van der Waals surface area (Å²) in [6, 6.07) is 3.21.